The topological polar surface area (TPSA) is 90.1 Å². The third-order valence-electron chi connectivity index (χ3n) is 5.28. The minimum absolute atomic E-state index is 0.0753. The first-order valence-corrected chi connectivity index (χ1v) is 11.9. The number of rotatable bonds is 6. The van der Waals surface area contributed by atoms with Crippen LogP contribution in [0.4, 0.5) is 0 Å². The molecule has 0 saturated carbocycles. The molecule has 1 atom stereocenters. The Labute approximate surface area is 200 Å². The quantitative estimate of drug-likeness (QED) is 0.549. The maximum absolute atomic E-state index is 13.5. The van der Waals surface area contributed by atoms with Gasteiger partial charge in [0.1, 0.15) is 11.5 Å². The number of ether oxygens (including phenoxy) is 2. The van der Waals surface area contributed by atoms with Crippen LogP contribution in [0.2, 0.25) is 0 Å². The minimum Gasteiger partial charge on any atom is -0.508 e. The Morgan fingerprint density at radius 1 is 1.18 bits per heavy atom. The fourth-order valence-corrected chi connectivity index (χ4v) is 4.88. The average Bonchev–Trinajstić information content (AvgIpc) is 3.09. The highest BCUT2D eigenvalue weighted by molar-refractivity contribution is 7.07. The molecule has 4 rings (SSSR count). The van der Waals surface area contributed by atoms with E-state index in [1.807, 2.05) is 38.1 Å². The van der Waals surface area contributed by atoms with Gasteiger partial charge in [0.05, 0.1) is 34.6 Å². The average molecular weight is 479 g/mol. The highest BCUT2D eigenvalue weighted by atomic mass is 32.1. The van der Waals surface area contributed by atoms with Crippen molar-refractivity contribution >= 4 is 23.4 Å². The van der Waals surface area contributed by atoms with Gasteiger partial charge >= 0.3 is 5.97 Å². The summed E-state index contributed by atoms with van der Waals surface area (Å²) in [6, 6.07) is 13.3. The summed E-state index contributed by atoms with van der Waals surface area (Å²) >= 11 is 1.27. The van der Waals surface area contributed by atoms with Gasteiger partial charge in [-0.1, -0.05) is 35.6 Å². The molecule has 0 unspecified atom stereocenters. The number of benzene rings is 2. The van der Waals surface area contributed by atoms with Crippen molar-refractivity contribution in [1.82, 2.24) is 4.57 Å². The van der Waals surface area contributed by atoms with Gasteiger partial charge in [-0.25, -0.2) is 9.79 Å². The molecular weight excluding hydrogens is 452 g/mol. The van der Waals surface area contributed by atoms with Crippen molar-refractivity contribution in [2.45, 2.75) is 39.8 Å². The van der Waals surface area contributed by atoms with Gasteiger partial charge in [-0.3, -0.25) is 9.36 Å². The van der Waals surface area contributed by atoms with Crippen molar-refractivity contribution in [3.63, 3.8) is 0 Å². The highest BCUT2D eigenvalue weighted by Gasteiger charge is 2.33. The molecular formula is C26H26N2O5S. The number of thiazole rings is 1. The van der Waals surface area contributed by atoms with Gasteiger partial charge in [-0.05, 0) is 69.2 Å². The van der Waals surface area contributed by atoms with E-state index < -0.39 is 12.0 Å². The van der Waals surface area contributed by atoms with Gasteiger partial charge in [-0.2, -0.15) is 0 Å². The standard InChI is InChI=1S/C26H26N2O5S/c1-5-32-25(31)22-16(4)27-26-28(23(22)18-8-10-19(29)11-9-18)24(30)21(34-26)14-17-6-12-20(13-7-17)33-15(2)3/h6-15,23,29H,5H2,1-4H3/b21-14-/t23-/m0/s1. The van der Waals surface area contributed by atoms with Gasteiger partial charge < -0.3 is 14.6 Å². The van der Waals surface area contributed by atoms with Gasteiger partial charge in [0.15, 0.2) is 4.80 Å². The van der Waals surface area contributed by atoms with E-state index in [0.717, 1.165) is 11.3 Å². The van der Waals surface area contributed by atoms with E-state index in [1.165, 1.54) is 28.0 Å². The van der Waals surface area contributed by atoms with Gasteiger partial charge in [-0.15, -0.1) is 0 Å². The largest absolute Gasteiger partial charge is 0.508 e. The van der Waals surface area contributed by atoms with Crippen molar-refractivity contribution < 1.29 is 19.4 Å². The molecule has 0 spiro atoms. The molecule has 1 N–H and O–H groups in total. The van der Waals surface area contributed by atoms with E-state index in [-0.39, 0.29) is 24.0 Å². The Balaban J connectivity index is 1.85. The molecule has 2 aromatic carbocycles. The molecule has 1 aliphatic heterocycles. The number of phenolic OH excluding ortho intramolecular Hbond substituents is 1. The number of hydrogen-bond acceptors (Lipinski definition) is 7. The van der Waals surface area contributed by atoms with Crippen LogP contribution in [-0.2, 0) is 9.53 Å². The van der Waals surface area contributed by atoms with E-state index in [1.54, 1.807) is 32.1 Å². The first kappa shape index (κ1) is 23.5. The molecule has 0 aliphatic carbocycles. The zero-order valence-corrected chi connectivity index (χ0v) is 20.3. The summed E-state index contributed by atoms with van der Waals surface area (Å²) in [5.41, 5.74) is 2.08. The number of carbonyl (C=O) groups excluding carboxylic acids is 1. The summed E-state index contributed by atoms with van der Waals surface area (Å²) in [6.07, 6.45) is 1.88. The van der Waals surface area contributed by atoms with Crippen molar-refractivity contribution in [1.29, 1.82) is 0 Å². The predicted octanol–water partition coefficient (Wildman–Crippen LogP) is 3.29. The zero-order valence-electron chi connectivity index (χ0n) is 19.4. The molecule has 1 aromatic heterocycles. The summed E-state index contributed by atoms with van der Waals surface area (Å²) in [5, 5.41) is 9.75. The van der Waals surface area contributed by atoms with E-state index in [4.69, 9.17) is 9.47 Å². The third kappa shape index (κ3) is 4.68. The molecule has 176 valence electrons. The lowest BCUT2D eigenvalue weighted by atomic mass is 9.96. The zero-order chi connectivity index (χ0) is 24.4. The van der Waals surface area contributed by atoms with Gasteiger partial charge in [0.25, 0.3) is 5.56 Å². The smallest absolute Gasteiger partial charge is 0.338 e. The van der Waals surface area contributed by atoms with Crippen molar-refractivity contribution in [2.75, 3.05) is 6.61 Å². The number of allylic oxidation sites excluding steroid dienone is 1. The van der Waals surface area contributed by atoms with E-state index >= 15 is 0 Å². The molecule has 1 aliphatic rings. The summed E-state index contributed by atoms with van der Waals surface area (Å²) in [7, 11) is 0. The molecule has 0 amide bonds. The lowest BCUT2D eigenvalue weighted by Crippen LogP contribution is -2.39. The molecule has 8 heteroatoms. The van der Waals surface area contributed by atoms with Crippen LogP contribution in [-0.4, -0.2) is 28.4 Å². The van der Waals surface area contributed by atoms with Crippen molar-refractivity contribution in [2.24, 2.45) is 4.99 Å². The molecule has 3 aromatic rings. The number of nitrogens with zero attached hydrogens (tertiary/aromatic N) is 2. The van der Waals surface area contributed by atoms with Crippen molar-refractivity contribution in [3.05, 3.63) is 90.6 Å². The second-order valence-electron chi connectivity index (χ2n) is 8.13. The summed E-state index contributed by atoms with van der Waals surface area (Å²) < 4.78 is 13.0. The summed E-state index contributed by atoms with van der Waals surface area (Å²) in [5.74, 6) is 0.340. The lowest BCUT2D eigenvalue weighted by Gasteiger charge is -2.24. The Kier molecular flexibility index (Phi) is 6.70. The fraction of sp³-hybridized carbons (Fsp3) is 0.269. The maximum atomic E-state index is 13.5. The third-order valence-corrected chi connectivity index (χ3v) is 6.26. The molecule has 0 saturated heterocycles. The minimum atomic E-state index is -0.708. The van der Waals surface area contributed by atoms with Crippen LogP contribution in [0.15, 0.2) is 69.6 Å². The van der Waals surface area contributed by atoms with E-state index in [2.05, 4.69) is 4.99 Å². The van der Waals surface area contributed by atoms with Crippen LogP contribution < -0.4 is 19.6 Å². The summed E-state index contributed by atoms with van der Waals surface area (Å²) in [6.45, 7) is 7.61. The normalized spacial score (nSPS) is 15.8. The molecule has 2 heterocycles. The van der Waals surface area contributed by atoms with Crippen LogP contribution >= 0.6 is 11.3 Å². The van der Waals surface area contributed by atoms with Gasteiger partial charge in [0.2, 0.25) is 0 Å². The monoisotopic (exact) mass is 478 g/mol. The Morgan fingerprint density at radius 2 is 1.85 bits per heavy atom. The van der Waals surface area contributed by atoms with Crippen LogP contribution in [0.3, 0.4) is 0 Å². The molecule has 0 radical (unpaired) electrons. The molecule has 34 heavy (non-hydrogen) atoms. The Hall–Kier alpha value is -3.65. The summed E-state index contributed by atoms with van der Waals surface area (Å²) in [4.78, 5) is 31.5. The number of carbonyl (C=O) groups is 1. The number of esters is 1. The molecule has 0 bridgehead atoms. The van der Waals surface area contributed by atoms with Crippen LogP contribution in [0.5, 0.6) is 11.5 Å². The Bertz CT molecular complexity index is 1410. The fourth-order valence-electron chi connectivity index (χ4n) is 3.83. The van der Waals surface area contributed by atoms with Crippen LogP contribution in [0, 0.1) is 0 Å². The van der Waals surface area contributed by atoms with E-state index in [0.29, 0.717) is 26.2 Å². The molecule has 7 nitrogen and oxygen atoms in total. The van der Waals surface area contributed by atoms with Crippen LogP contribution in [0.25, 0.3) is 6.08 Å². The molecule has 0 fully saturated rings. The lowest BCUT2D eigenvalue weighted by molar-refractivity contribution is -0.139. The Morgan fingerprint density at radius 3 is 2.47 bits per heavy atom. The van der Waals surface area contributed by atoms with Crippen LogP contribution in [0.1, 0.15) is 44.9 Å². The number of fused-ring (bicyclic) bond motifs is 1. The van der Waals surface area contributed by atoms with E-state index in [9.17, 15) is 14.7 Å². The maximum Gasteiger partial charge on any atom is 0.338 e. The number of hydrogen-bond donors (Lipinski definition) is 1. The van der Waals surface area contributed by atoms with Crippen molar-refractivity contribution in [3.8, 4) is 11.5 Å². The SMILES string of the molecule is CCOC(=O)C1=C(C)N=c2s/c(=C\c3ccc(OC(C)C)cc3)c(=O)n2[C@H]1c1ccc(O)cc1. The number of aromatic hydroxyl groups is 1. The second kappa shape index (κ2) is 9.69. The highest BCUT2D eigenvalue weighted by Crippen LogP contribution is 2.31. The second-order valence-corrected chi connectivity index (χ2v) is 9.14. The first-order chi connectivity index (χ1) is 16.3. The van der Waals surface area contributed by atoms with Gasteiger partial charge in [0, 0.05) is 0 Å². The number of aromatic nitrogens is 1. The predicted molar refractivity (Wildman–Crippen MR) is 131 cm³/mol. The first-order valence-electron chi connectivity index (χ1n) is 11.0. The number of phenols is 1.